The molecular weight excluding hydrogens is 253 g/mol. The number of likely N-dealkylation sites (N-methyl/N-ethyl adjacent to an activating group) is 1. The predicted octanol–water partition coefficient (Wildman–Crippen LogP) is 3.76. The van der Waals surface area contributed by atoms with Crippen LogP contribution in [0.25, 0.3) is 0 Å². The van der Waals surface area contributed by atoms with Crippen LogP contribution in [0.3, 0.4) is 0 Å². The van der Waals surface area contributed by atoms with Crippen LogP contribution in [0.15, 0.2) is 42.5 Å². The number of ketones is 1. The van der Waals surface area contributed by atoms with E-state index in [1.807, 2.05) is 44.0 Å². The molecule has 2 rings (SSSR count). The summed E-state index contributed by atoms with van der Waals surface area (Å²) in [5, 5.41) is 0. The number of hydrogen-bond acceptors (Lipinski definition) is 2. The maximum atomic E-state index is 12.9. The van der Waals surface area contributed by atoms with Gasteiger partial charge in [-0.1, -0.05) is 12.1 Å². The minimum atomic E-state index is -0.275. The van der Waals surface area contributed by atoms with Gasteiger partial charge < -0.3 is 4.90 Å². The van der Waals surface area contributed by atoms with Crippen LogP contribution in [0, 0.1) is 19.7 Å². The quantitative estimate of drug-likeness (QED) is 0.789. The minimum absolute atomic E-state index is 0.0555. The average molecular weight is 271 g/mol. The van der Waals surface area contributed by atoms with Crippen LogP contribution < -0.4 is 4.90 Å². The Morgan fingerprint density at radius 1 is 1.05 bits per heavy atom. The second kappa shape index (κ2) is 5.87. The van der Waals surface area contributed by atoms with Gasteiger partial charge in [-0.05, 0) is 55.3 Å². The van der Waals surface area contributed by atoms with Crippen molar-refractivity contribution < 1.29 is 9.18 Å². The Hall–Kier alpha value is -2.16. The highest BCUT2D eigenvalue weighted by molar-refractivity contribution is 5.99. The normalized spacial score (nSPS) is 10.4. The number of carbonyl (C=O) groups is 1. The molecule has 0 saturated carbocycles. The van der Waals surface area contributed by atoms with E-state index in [2.05, 4.69) is 0 Å². The summed E-state index contributed by atoms with van der Waals surface area (Å²) < 4.78 is 12.9. The highest BCUT2D eigenvalue weighted by Crippen LogP contribution is 2.15. The molecule has 0 spiro atoms. The minimum Gasteiger partial charge on any atom is -0.367 e. The van der Waals surface area contributed by atoms with Gasteiger partial charge in [0.05, 0.1) is 6.54 Å². The first kappa shape index (κ1) is 14.3. The summed E-state index contributed by atoms with van der Waals surface area (Å²) in [6.07, 6.45) is 0. The number of aryl methyl sites for hydroxylation is 2. The zero-order valence-electron chi connectivity index (χ0n) is 12.0. The van der Waals surface area contributed by atoms with Crippen molar-refractivity contribution in [2.45, 2.75) is 13.8 Å². The van der Waals surface area contributed by atoms with Crippen LogP contribution in [-0.4, -0.2) is 19.4 Å². The molecule has 0 aliphatic carbocycles. The summed E-state index contributed by atoms with van der Waals surface area (Å²) in [4.78, 5) is 14.1. The van der Waals surface area contributed by atoms with Crippen molar-refractivity contribution in [1.82, 2.24) is 0 Å². The van der Waals surface area contributed by atoms with E-state index in [0.717, 1.165) is 11.3 Å². The number of Topliss-reactive ketones (excluding diaryl/α,β-unsaturated/α-hetero) is 1. The van der Waals surface area contributed by atoms with E-state index >= 15 is 0 Å². The van der Waals surface area contributed by atoms with E-state index in [1.54, 1.807) is 12.1 Å². The van der Waals surface area contributed by atoms with E-state index in [0.29, 0.717) is 5.56 Å². The summed E-state index contributed by atoms with van der Waals surface area (Å²) in [6.45, 7) is 4.29. The first-order valence-corrected chi connectivity index (χ1v) is 6.54. The maximum Gasteiger partial charge on any atom is 0.182 e. The molecule has 0 unspecified atom stereocenters. The van der Waals surface area contributed by atoms with Crippen LogP contribution in [-0.2, 0) is 0 Å². The predicted molar refractivity (Wildman–Crippen MR) is 79.9 cm³/mol. The molecule has 2 nitrogen and oxygen atoms in total. The highest BCUT2D eigenvalue weighted by Gasteiger charge is 2.10. The lowest BCUT2D eigenvalue weighted by Crippen LogP contribution is -2.25. The van der Waals surface area contributed by atoms with E-state index in [1.165, 1.54) is 17.7 Å². The summed E-state index contributed by atoms with van der Waals surface area (Å²) in [5.74, 6) is -0.220. The van der Waals surface area contributed by atoms with Crippen molar-refractivity contribution in [3.63, 3.8) is 0 Å². The fourth-order valence-corrected chi connectivity index (χ4v) is 2.01. The first-order chi connectivity index (χ1) is 9.47. The lowest BCUT2D eigenvalue weighted by atomic mass is 10.0. The van der Waals surface area contributed by atoms with Crippen LogP contribution in [0.5, 0.6) is 0 Å². The summed E-state index contributed by atoms with van der Waals surface area (Å²) in [5.41, 5.74) is 3.82. The fourth-order valence-electron chi connectivity index (χ4n) is 2.01. The van der Waals surface area contributed by atoms with Gasteiger partial charge in [-0.3, -0.25) is 4.79 Å². The fraction of sp³-hybridized carbons (Fsp3) is 0.235. The van der Waals surface area contributed by atoms with Crippen molar-refractivity contribution in [2.75, 3.05) is 18.5 Å². The second-order valence-electron chi connectivity index (χ2n) is 5.05. The van der Waals surface area contributed by atoms with Gasteiger partial charge in [0.2, 0.25) is 0 Å². The van der Waals surface area contributed by atoms with Gasteiger partial charge in [-0.2, -0.15) is 0 Å². The van der Waals surface area contributed by atoms with Crippen molar-refractivity contribution in [2.24, 2.45) is 0 Å². The third-order valence-electron chi connectivity index (χ3n) is 3.48. The maximum absolute atomic E-state index is 12.9. The third kappa shape index (κ3) is 3.23. The molecule has 2 aromatic rings. The molecule has 0 radical (unpaired) electrons. The van der Waals surface area contributed by atoms with Crippen LogP contribution in [0.4, 0.5) is 10.1 Å². The number of hydrogen-bond donors (Lipinski definition) is 0. The number of rotatable bonds is 4. The van der Waals surface area contributed by atoms with E-state index in [-0.39, 0.29) is 18.1 Å². The zero-order valence-corrected chi connectivity index (χ0v) is 12.0. The molecule has 0 aliphatic rings. The Morgan fingerprint density at radius 3 is 2.30 bits per heavy atom. The van der Waals surface area contributed by atoms with Gasteiger partial charge >= 0.3 is 0 Å². The van der Waals surface area contributed by atoms with Crippen LogP contribution in [0.2, 0.25) is 0 Å². The smallest absolute Gasteiger partial charge is 0.182 e. The number of anilines is 1. The zero-order chi connectivity index (χ0) is 14.7. The molecule has 0 heterocycles. The average Bonchev–Trinajstić information content (AvgIpc) is 2.42. The molecule has 0 N–H and O–H groups in total. The summed E-state index contributed by atoms with van der Waals surface area (Å²) >= 11 is 0. The Labute approximate surface area is 118 Å². The van der Waals surface area contributed by atoms with Gasteiger partial charge in [0.25, 0.3) is 0 Å². The molecule has 0 aliphatic heterocycles. The molecule has 104 valence electrons. The van der Waals surface area contributed by atoms with Crippen molar-refractivity contribution in [3.05, 3.63) is 65.0 Å². The summed E-state index contributed by atoms with van der Waals surface area (Å²) in [6, 6.07) is 11.9. The van der Waals surface area contributed by atoms with Crippen LogP contribution >= 0.6 is 0 Å². The lowest BCUT2D eigenvalue weighted by molar-refractivity contribution is 0.100. The molecule has 0 atom stereocenters. The van der Waals surface area contributed by atoms with Crippen LogP contribution in [0.1, 0.15) is 21.5 Å². The molecule has 20 heavy (non-hydrogen) atoms. The highest BCUT2D eigenvalue weighted by atomic mass is 19.1. The number of nitrogens with zero attached hydrogens (tertiary/aromatic N) is 1. The monoisotopic (exact) mass is 271 g/mol. The third-order valence-corrected chi connectivity index (χ3v) is 3.48. The molecule has 2 aromatic carbocycles. The topological polar surface area (TPSA) is 20.3 Å². The van der Waals surface area contributed by atoms with Gasteiger partial charge in [-0.15, -0.1) is 0 Å². The Kier molecular flexibility index (Phi) is 4.18. The number of benzene rings is 2. The number of carbonyl (C=O) groups excluding carboxylic acids is 1. The SMILES string of the molecule is Cc1ccc(C(=O)CN(C)c2ccc(F)cc2)cc1C. The first-order valence-electron chi connectivity index (χ1n) is 6.54. The Balaban J connectivity index is 2.10. The molecular formula is C17H18FNO. The Bertz CT molecular complexity index is 619. The van der Waals surface area contributed by atoms with Crippen molar-refractivity contribution in [1.29, 1.82) is 0 Å². The van der Waals surface area contributed by atoms with Crippen molar-refractivity contribution >= 4 is 11.5 Å². The van der Waals surface area contributed by atoms with Gasteiger partial charge in [0, 0.05) is 18.3 Å². The second-order valence-corrected chi connectivity index (χ2v) is 5.05. The standard InChI is InChI=1S/C17H18FNO/c1-12-4-5-14(10-13(12)2)17(20)11-19(3)16-8-6-15(18)7-9-16/h4-10H,11H2,1-3H3. The van der Waals surface area contributed by atoms with Crippen molar-refractivity contribution in [3.8, 4) is 0 Å². The van der Waals surface area contributed by atoms with E-state index in [9.17, 15) is 9.18 Å². The molecule has 0 amide bonds. The number of halogens is 1. The largest absolute Gasteiger partial charge is 0.367 e. The van der Waals surface area contributed by atoms with Gasteiger partial charge in [0.1, 0.15) is 5.82 Å². The summed E-state index contributed by atoms with van der Waals surface area (Å²) in [7, 11) is 1.83. The van der Waals surface area contributed by atoms with E-state index in [4.69, 9.17) is 0 Å². The molecule has 3 heteroatoms. The lowest BCUT2D eigenvalue weighted by Gasteiger charge is -2.18. The Morgan fingerprint density at radius 2 is 1.70 bits per heavy atom. The van der Waals surface area contributed by atoms with Gasteiger partial charge in [-0.25, -0.2) is 4.39 Å². The molecule has 0 saturated heterocycles. The van der Waals surface area contributed by atoms with Gasteiger partial charge in [0.15, 0.2) is 5.78 Å². The molecule has 0 fully saturated rings. The van der Waals surface area contributed by atoms with E-state index < -0.39 is 0 Å². The molecule has 0 aromatic heterocycles. The molecule has 0 bridgehead atoms.